The van der Waals surface area contributed by atoms with Gasteiger partial charge in [-0.25, -0.2) is 4.39 Å². The molecule has 0 saturated carbocycles. The van der Waals surface area contributed by atoms with E-state index in [0.717, 1.165) is 31.4 Å². The first kappa shape index (κ1) is 32.4. The minimum Gasteiger partial charge on any atom is -0.355 e. The van der Waals surface area contributed by atoms with Crippen LogP contribution < -0.4 is 16.0 Å². The number of hydrogen-bond donors (Lipinski definition) is 3. The third kappa shape index (κ3) is 6.50. The molecule has 3 N–H and O–H groups in total. The summed E-state index contributed by atoms with van der Waals surface area (Å²) in [6.07, 6.45) is 5.09. The first-order valence-electron chi connectivity index (χ1n) is 17.1. The second-order valence-corrected chi connectivity index (χ2v) is 14.1. The number of carbonyl (C=O) groups excluding carboxylic acids is 5. The quantitative estimate of drug-likeness (QED) is 0.450. The molecule has 46 heavy (non-hydrogen) atoms. The Balaban J connectivity index is 1.30. The van der Waals surface area contributed by atoms with E-state index in [2.05, 4.69) is 16.0 Å². The minimum absolute atomic E-state index is 0.000880. The van der Waals surface area contributed by atoms with Crippen LogP contribution in [0.1, 0.15) is 74.7 Å². The van der Waals surface area contributed by atoms with E-state index in [0.29, 0.717) is 57.7 Å². The number of nitrogens with one attached hydrogen (secondary N) is 3. The van der Waals surface area contributed by atoms with Gasteiger partial charge in [-0.2, -0.15) is 0 Å². The van der Waals surface area contributed by atoms with Gasteiger partial charge in [-0.3, -0.25) is 24.0 Å². The Labute approximate surface area is 270 Å². The summed E-state index contributed by atoms with van der Waals surface area (Å²) < 4.78 is 14.9. The van der Waals surface area contributed by atoms with Crippen LogP contribution in [0.3, 0.4) is 0 Å². The molecule has 0 unspecified atom stereocenters. The van der Waals surface area contributed by atoms with Gasteiger partial charge in [0, 0.05) is 50.6 Å². The highest BCUT2D eigenvalue weighted by atomic mass is 19.1. The smallest absolute Gasteiger partial charge is 0.257 e. The number of rotatable bonds is 2. The summed E-state index contributed by atoms with van der Waals surface area (Å²) in [7, 11) is 0. The second kappa shape index (κ2) is 13.7. The average molecular weight is 639 g/mol. The molecular weight excluding hydrogens is 591 g/mol. The van der Waals surface area contributed by atoms with E-state index in [4.69, 9.17) is 0 Å². The number of amides is 5. The van der Waals surface area contributed by atoms with Gasteiger partial charge >= 0.3 is 0 Å². The van der Waals surface area contributed by atoms with Gasteiger partial charge in [0.15, 0.2) is 0 Å². The number of halogens is 1. The molecule has 4 bridgehead atoms. The van der Waals surface area contributed by atoms with Crippen LogP contribution in [0.2, 0.25) is 0 Å². The molecule has 12 heteroatoms. The maximum Gasteiger partial charge on any atom is 0.257 e. The average Bonchev–Trinajstić information content (AvgIpc) is 3.53. The summed E-state index contributed by atoms with van der Waals surface area (Å²) in [6, 6.07) is 2.50. The van der Waals surface area contributed by atoms with Crippen LogP contribution in [0.15, 0.2) is 18.2 Å². The molecule has 0 aliphatic carbocycles. The number of carbonyl (C=O) groups is 5. The SMILES string of the molecule is CC(C)[C@@H]1CN(C(=O)[C@H]2[C@@H]3CNC[C@@H](C3)[C@@H]3CCCC(=O)N32)CC(=O)NCCCc2ccc(F)c(c2)C(=O)N2CCC[C@H]2C(=O)N1. The molecule has 250 valence electrons. The molecule has 5 amide bonds. The molecule has 4 saturated heterocycles. The molecule has 1 aromatic rings. The number of nitrogens with zero attached hydrogens (tertiary/aromatic N) is 3. The summed E-state index contributed by atoms with van der Waals surface area (Å²) in [6.45, 7) is 5.91. The maximum atomic E-state index is 14.9. The van der Waals surface area contributed by atoms with E-state index < -0.39 is 29.8 Å². The van der Waals surface area contributed by atoms with E-state index in [9.17, 15) is 28.4 Å². The molecule has 5 heterocycles. The van der Waals surface area contributed by atoms with Crippen molar-refractivity contribution in [1.82, 2.24) is 30.7 Å². The lowest BCUT2D eigenvalue weighted by Gasteiger charge is -2.54. The molecule has 11 nitrogen and oxygen atoms in total. The van der Waals surface area contributed by atoms with E-state index in [1.165, 1.54) is 15.9 Å². The Morgan fingerprint density at radius 1 is 1.00 bits per heavy atom. The highest BCUT2D eigenvalue weighted by Gasteiger charge is 2.51. The Hall–Kier alpha value is -3.54. The molecule has 4 fully saturated rings. The third-order valence-corrected chi connectivity index (χ3v) is 10.7. The van der Waals surface area contributed by atoms with Crippen molar-refractivity contribution in [2.45, 2.75) is 89.4 Å². The fourth-order valence-electron chi connectivity index (χ4n) is 8.27. The molecule has 6 rings (SSSR count). The highest BCUT2D eigenvalue weighted by Crippen LogP contribution is 2.40. The first-order valence-corrected chi connectivity index (χ1v) is 17.1. The van der Waals surface area contributed by atoms with Gasteiger partial charge in [0.1, 0.15) is 17.9 Å². The van der Waals surface area contributed by atoms with E-state index in [1.807, 2.05) is 18.7 Å². The van der Waals surface area contributed by atoms with E-state index in [1.54, 1.807) is 12.1 Å². The zero-order valence-corrected chi connectivity index (χ0v) is 26.9. The normalized spacial score (nSPS) is 31.2. The Morgan fingerprint density at radius 2 is 1.80 bits per heavy atom. The second-order valence-electron chi connectivity index (χ2n) is 14.1. The zero-order valence-electron chi connectivity index (χ0n) is 26.9. The Kier molecular flexibility index (Phi) is 9.63. The molecule has 0 aromatic heterocycles. The van der Waals surface area contributed by atoms with Crippen LogP contribution in [0, 0.1) is 23.6 Å². The molecule has 0 spiro atoms. The van der Waals surface area contributed by atoms with Gasteiger partial charge in [0.2, 0.25) is 23.6 Å². The fourth-order valence-corrected chi connectivity index (χ4v) is 8.27. The Bertz CT molecular complexity index is 1370. The zero-order chi connectivity index (χ0) is 32.5. The van der Waals surface area contributed by atoms with Crippen LogP contribution in [-0.4, -0.2) is 108 Å². The van der Waals surface area contributed by atoms with Gasteiger partial charge in [-0.15, -0.1) is 0 Å². The van der Waals surface area contributed by atoms with Crippen molar-refractivity contribution in [2.75, 3.05) is 39.3 Å². The van der Waals surface area contributed by atoms with Crippen molar-refractivity contribution in [3.05, 3.63) is 35.1 Å². The van der Waals surface area contributed by atoms with Crippen LogP contribution in [-0.2, 0) is 25.6 Å². The predicted octanol–water partition coefficient (Wildman–Crippen LogP) is 1.45. The Morgan fingerprint density at radius 3 is 2.61 bits per heavy atom. The van der Waals surface area contributed by atoms with Crippen molar-refractivity contribution in [3.8, 4) is 0 Å². The first-order chi connectivity index (χ1) is 22.1. The van der Waals surface area contributed by atoms with Crippen molar-refractivity contribution in [1.29, 1.82) is 0 Å². The molecule has 1 aromatic carbocycles. The fraction of sp³-hybridized carbons (Fsp3) is 0.676. The van der Waals surface area contributed by atoms with Crippen molar-refractivity contribution in [2.24, 2.45) is 17.8 Å². The van der Waals surface area contributed by atoms with Crippen LogP contribution in [0.5, 0.6) is 0 Å². The van der Waals surface area contributed by atoms with Gasteiger partial charge < -0.3 is 30.7 Å². The van der Waals surface area contributed by atoms with Crippen LogP contribution in [0.25, 0.3) is 0 Å². The highest BCUT2D eigenvalue weighted by molar-refractivity contribution is 5.98. The summed E-state index contributed by atoms with van der Waals surface area (Å²) in [4.78, 5) is 73.5. The number of hydrogen-bond acceptors (Lipinski definition) is 6. The summed E-state index contributed by atoms with van der Waals surface area (Å²) in [5.74, 6) is -1.93. The van der Waals surface area contributed by atoms with Crippen molar-refractivity contribution >= 4 is 29.5 Å². The largest absolute Gasteiger partial charge is 0.355 e. The standard InChI is InChI=1S/C34H47FN6O5/c1-20(2)26-18-39(34(46)31-23-15-22(16-36-17-23)27-7-3-9-30(43)41(27)31)19-29(42)37-12-4-6-21-10-11-25(35)24(14-21)33(45)40-13-5-8-28(40)32(44)38-26/h10-11,14,20,22-23,26-28,31,36H,3-9,12-13,15-19H2,1-2H3,(H,37,42)(H,38,44)/t22-,23+,26+,27+,28+,31-/m1/s1. The van der Waals surface area contributed by atoms with Gasteiger partial charge in [-0.05, 0) is 81.0 Å². The monoisotopic (exact) mass is 638 g/mol. The van der Waals surface area contributed by atoms with Gasteiger partial charge in [-0.1, -0.05) is 19.9 Å². The summed E-state index contributed by atoms with van der Waals surface area (Å²) in [5, 5.41) is 9.49. The third-order valence-electron chi connectivity index (χ3n) is 10.7. The van der Waals surface area contributed by atoms with E-state index in [-0.39, 0.29) is 60.2 Å². The van der Waals surface area contributed by atoms with Crippen molar-refractivity contribution in [3.63, 3.8) is 0 Å². The van der Waals surface area contributed by atoms with Crippen molar-refractivity contribution < 1.29 is 28.4 Å². The topological polar surface area (TPSA) is 131 Å². The van der Waals surface area contributed by atoms with Crippen LogP contribution in [0.4, 0.5) is 4.39 Å². The molecule has 5 aliphatic heterocycles. The predicted molar refractivity (Wildman–Crippen MR) is 168 cm³/mol. The number of aryl methyl sites for hydroxylation is 1. The summed E-state index contributed by atoms with van der Waals surface area (Å²) in [5.41, 5.74) is 0.706. The number of fused-ring (bicyclic) bond motifs is 7. The lowest BCUT2D eigenvalue weighted by molar-refractivity contribution is -0.162. The molecule has 0 radical (unpaired) electrons. The van der Waals surface area contributed by atoms with Gasteiger partial charge in [0.25, 0.3) is 5.91 Å². The molecule has 6 atom stereocenters. The van der Waals surface area contributed by atoms with E-state index >= 15 is 0 Å². The number of benzene rings is 1. The summed E-state index contributed by atoms with van der Waals surface area (Å²) >= 11 is 0. The molecule has 5 aliphatic rings. The van der Waals surface area contributed by atoms with Crippen LogP contribution >= 0.6 is 0 Å². The molecular formula is C34H47FN6O5. The lowest BCUT2D eigenvalue weighted by Crippen LogP contribution is -2.69. The number of piperidine rings is 3. The minimum atomic E-state index is -0.768. The lowest BCUT2D eigenvalue weighted by atomic mass is 9.72. The maximum absolute atomic E-state index is 14.9. The van der Waals surface area contributed by atoms with Gasteiger partial charge in [0.05, 0.1) is 12.1 Å².